The van der Waals surface area contributed by atoms with Crippen molar-refractivity contribution in [3.05, 3.63) is 57.5 Å². The van der Waals surface area contributed by atoms with E-state index in [9.17, 15) is 28.7 Å². The first-order valence-corrected chi connectivity index (χ1v) is 11.0. The van der Waals surface area contributed by atoms with Gasteiger partial charge < -0.3 is 25.0 Å². The Morgan fingerprint density at radius 1 is 1.17 bits per heavy atom. The number of rotatable bonds is 5. The van der Waals surface area contributed by atoms with Crippen molar-refractivity contribution in [1.29, 1.82) is 0 Å². The zero-order valence-corrected chi connectivity index (χ0v) is 19.9. The summed E-state index contributed by atoms with van der Waals surface area (Å²) < 4.78 is 20.0. The average Bonchev–Trinajstić information content (AvgIpc) is 3.03. The second-order valence-electron chi connectivity index (χ2n) is 8.38. The Kier molecular flexibility index (Phi) is 7.85. The molecule has 1 aromatic carbocycles. The molecule has 11 nitrogen and oxygen atoms in total. The van der Waals surface area contributed by atoms with E-state index in [1.165, 1.54) is 50.0 Å². The zero-order chi connectivity index (χ0) is 25.9. The zero-order valence-electron chi connectivity index (χ0n) is 19.9. The lowest BCUT2D eigenvalue weighted by molar-refractivity contribution is -0.151. The average molecular weight is 490 g/mol. The Morgan fingerprint density at radius 3 is 2.43 bits per heavy atom. The molecule has 3 rings (SSSR count). The molecule has 0 aliphatic carbocycles. The highest BCUT2D eigenvalue weighted by Crippen LogP contribution is 2.28. The maximum atomic E-state index is 13.2. The molecule has 188 valence electrons. The number of amides is 3. The van der Waals surface area contributed by atoms with Gasteiger partial charge in [-0.2, -0.15) is 0 Å². The third-order valence-corrected chi connectivity index (χ3v) is 5.80. The van der Waals surface area contributed by atoms with Gasteiger partial charge in [-0.05, 0) is 24.1 Å². The van der Waals surface area contributed by atoms with E-state index in [4.69, 9.17) is 4.74 Å². The van der Waals surface area contributed by atoms with Crippen LogP contribution in [0.4, 0.5) is 4.39 Å². The number of halogens is 1. The minimum absolute atomic E-state index is 0.00149. The minimum atomic E-state index is -0.972. The molecule has 0 saturated carbocycles. The molecule has 1 aromatic heterocycles. The predicted octanol–water partition coefficient (Wildman–Crippen LogP) is 0.587. The molecule has 0 fully saturated rings. The molecule has 2 heterocycles. The van der Waals surface area contributed by atoms with Gasteiger partial charge in [-0.1, -0.05) is 19.1 Å². The van der Waals surface area contributed by atoms with Gasteiger partial charge in [0.25, 0.3) is 11.5 Å². The van der Waals surface area contributed by atoms with Gasteiger partial charge in [-0.25, -0.2) is 9.37 Å². The van der Waals surface area contributed by atoms with Crippen molar-refractivity contribution in [2.45, 2.75) is 32.0 Å². The fourth-order valence-corrected chi connectivity index (χ4v) is 3.69. The third-order valence-electron chi connectivity index (χ3n) is 5.80. The van der Waals surface area contributed by atoms with E-state index in [0.29, 0.717) is 12.0 Å². The van der Waals surface area contributed by atoms with Gasteiger partial charge in [-0.3, -0.25) is 23.7 Å². The number of likely N-dealkylation sites (N-methyl/N-ethyl adjacent to an activating group) is 2. The lowest BCUT2D eigenvalue weighted by atomic mass is 10.1. The van der Waals surface area contributed by atoms with Gasteiger partial charge in [0.15, 0.2) is 5.69 Å². The number of carbonyl (C=O) groups is 3. The van der Waals surface area contributed by atoms with Crippen molar-refractivity contribution in [3.63, 3.8) is 0 Å². The summed E-state index contributed by atoms with van der Waals surface area (Å²) in [5.41, 5.74) is -0.787. The lowest BCUT2D eigenvalue weighted by Gasteiger charge is -2.28. The summed E-state index contributed by atoms with van der Waals surface area (Å²) in [5.74, 6) is -3.72. The minimum Gasteiger partial charge on any atom is -0.501 e. The second-order valence-corrected chi connectivity index (χ2v) is 8.38. The lowest BCUT2D eigenvalue weighted by Crippen LogP contribution is -2.45. The highest BCUT2D eigenvalue weighted by molar-refractivity contribution is 6.34. The van der Waals surface area contributed by atoms with Crippen LogP contribution in [0.2, 0.25) is 0 Å². The van der Waals surface area contributed by atoms with Crippen LogP contribution in [-0.4, -0.2) is 76.5 Å². The first-order chi connectivity index (χ1) is 16.6. The number of benzene rings is 1. The Labute approximate surface area is 201 Å². The molecular formula is C23H28FN5O6. The number of aromatic hydroxyl groups is 1. The maximum absolute atomic E-state index is 13.2. The summed E-state index contributed by atoms with van der Waals surface area (Å²) in [6.45, 7) is 1.85. The fourth-order valence-electron chi connectivity index (χ4n) is 3.69. The molecule has 12 heteroatoms. The highest BCUT2D eigenvalue weighted by atomic mass is 19.1. The molecule has 2 atom stereocenters. The van der Waals surface area contributed by atoms with Crippen LogP contribution >= 0.6 is 0 Å². The Balaban J connectivity index is 2.02. The second kappa shape index (κ2) is 10.6. The van der Waals surface area contributed by atoms with Crippen molar-refractivity contribution in [2.24, 2.45) is 0 Å². The smallest absolute Gasteiger partial charge is 0.312 e. The van der Waals surface area contributed by atoms with Crippen LogP contribution in [0.1, 0.15) is 47.3 Å². The fraction of sp³-hybridized carbons (Fsp3) is 0.435. The molecule has 3 amide bonds. The standard InChI is InChI=1S/C23H28FN5O6/c1-5-15-11-35-12-16(28(4)23(34)22(33)27(2)3)19-26-17(18(30)21(32)29(15)19)20(31)25-10-13-6-8-14(24)9-7-13/h6-9,15-16,30H,5,10-12H2,1-4H3,(H,25,31)/t15-,16+/m1/s1. The molecule has 0 unspecified atom stereocenters. The van der Waals surface area contributed by atoms with E-state index in [0.717, 1.165) is 9.80 Å². The summed E-state index contributed by atoms with van der Waals surface area (Å²) >= 11 is 0. The van der Waals surface area contributed by atoms with Gasteiger partial charge in [-0.15, -0.1) is 0 Å². The van der Waals surface area contributed by atoms with Crippen LogP contribution in [-0.2, 0) is 20.9 Å². The van der Waals surface area contributed by atoms with E-state index in [1.807, 2.05) is 6.92 Å². The van der Waals surface area contributed by atoms with Crippen LogP contribution in [0.5, 0.6) is 5.75 Å². The molecule has 0 spiro atoms. The van der Waals surface area contributed by atoms with Crippen molar-refractivity contribution in [3.8, 4) is 5.75 Å². The largest absolute Gasteiger partial charge is 0.501 e. The summed E-state index contributed by atoms with van der Waals surface area (Å²) in [7, 11) is 4.24. The van der Waals surface area contributed by atoms with Crippen molar-refractivity contribution >= 4 is 17.7 Å². The molecular weight excluding hydrogens is 461 g/mol. The molecule has 0 saturated heterocycles. The molecule has 1 aliphatic heterocycles. The monoisotopic (exact) mass is 489 g/mol. The molecule has 0 radical (unpaired) electrons. The number of ether oxygens (including phenoxy) is 1. The van der Waals surface area contributed by atoms with E-state index in [2.05, 4.69) is 10.3 Å². The Bertz CT molecular complexity index is 1180. The number of hydrogen-bond donors (Lipinski definition) is 2. The number of nitrogens with zero attached hydrogens (tertiary/aromatic N) is 4. The van der Waals surface area contributed by atoms with Crippen LogP contribution in [0.15, 0.2) is 29.1 Å². The SMILES string of the molecule is CC[C@@H]1COC[C@H](N(C)C(=O)C(=O)N(C)C)c2nc(C(=O)NCc3ccc(F)cc3)c(O)c(=O)n21. The van der Waals surface area contributed by atoms with Crippen molar-refractivity contribution in [2.75, 3.05) is 34.4 Å². The third kappa shape index (κ3) is 5.32. The Morgan fingerprint density at radius 2 is 1.83 bits per heavy atom. The van der Waals surface area contributed by atoms with Gasteiger partial charge in [0.1, 0.15) is 17.7 Å². The van der Waals surface area contributed by atoms with E-state index < -0.39 is 52.6 Å². The van der Waals surface area contributed by atoms with Crippen LogP contribution in [0.25, 0.3) is 0 Å². The molecule has 0 bridgehead atoms. The highest BCUT2D eigenvalue weighted by Gasteiger charge is 2.36. The van der Waals surface area contributed by atoms with Crippen molar-refractivity contribution < 1.29 is 28.6 Å². The van der Waals surface area contributed by atoms with Crippen LogP contribution < -0.4 is 10.9 Å². The number of aromatic nitrogens is 2. The van der Waals surface area contributed by atoms with Crippen molar-refractivity contribution in [1.82, 2.24) is 24.7 Å². The van der Waals surface area contributed by atoms with E-state index >= 15 is 0 Å². The molecule has 2 aromatic rings. The topological polar surface area (TPSA) is 134 Å². The summed E-state index contributed by atoms with van der Waals surface area (Å²) in [4.78, 5) is 57.5. The normalized spacial score (nSPS) is 17.2. The Hall–Kier alpha value is -3.80. The number of nitrogens with one attached hydrogen (secondary N) is 1. The number of hydrogen-bond acceptors (Lipinski definition) is 7. The summed E-state index contributed by atoms with van der Waals surface area (Å²) in [5, 5.41) is 13.1. The molecule has 1 aliphatic rings. The first-order valence-electron chi connectivity index (χ1n) is 11.0. The maximum Gasteiger partial charge on any atom is 0.312 e. The molecule has 35 heavy (non-hydrogen) atoms. The van der Waals surface area contributed by atoms with Gasteiger partial charge in [0, 0.05) is 27.7 Å². The number of carbonyl (C=O) groups excluding carboxylic acids is 3. The quantitative estimate of drug-likeness (QED) is 0.587. The van der Waals surface area contributed by atoms with Crippen LogP contribution in [0.3, 0.4) is 0 Å². The predicted molar refractivity (Wildman–Crippen MR) is 122 cm³/mol. The van der Waals surface area contributed by atoms with E-state index in [1.54, 1.807) is 0 Å². The first kappa shape index (κ1) is 25.8. The summed E-state index contributed by atoms with van der Waals surface area (Å²) in [6.07, 6.45) is 0.450. The molecule has 2 N–H and O–H groups in total. The number of fused-ring (bicyclic) bond motifs is 1. The van der Waals surface area contributed by atoms with E-state index in [-0.39, 0.29) is 25.6 Å². The van der Waals surface area contributed by atoms with Gasteiger partial charge >= 0.3 is 11.8 Å². The van der Waals surface area contributed by atoms with Crippen LogP contribution in [0, 0.1) is 5.82 Å². The van der Waals surface area contributed by atoms with Gasteiger partial charge in [0.05, 0.1) is 19.3 Å². The summed E-state index contributed by atoms with van der Waals surface area (Å²) in [6, 6.07) is 3.96. The van der Waals surface area contributed by atoms with Gasteiger partial charge in [0.2, 0.25) is 5.75 Å².